The van der Waals surface area contributed by atoms with Gasteiger partial charge >= 0.3 is 5.17 Å². The molecule has 128 valence electrons. The van der Waals surface area contributed by atoms with Gasteiger partial charge in [0.25, 0.3) is 5.84 Å². The van der Waals surface area contributed by atoms with Gasteiger partial charge in [-0.25, -0.2) is 0 Å². The van der Waals surface area contributed by atoms with Crippen LogP contribution in [0.3, 0.4) is 0 Å². The lowest BCUT2D eigenvalue weighted by molar-refractivity contribution is -0.535. The third-order valence-electron chi connectivity index (χ3n) is 4.62. The standard InChI is InChI=1S/C19H26N4S/c1-3-22(4-2)16-10-8-15(9-11-16)14-17-18(20)21-19(24-17)23-12-6-5-7-13-23/h8-11,14,20H,3-7,12-13H2,1-2H3/p+1. The molecule has 4 nitrogen and oxygen atoms in total. The summed E-state index contributed by atoms with van der Waals surface area (Å²) in [5.41, 5.74) is 8.59. The minimum absolute atomic E-state index is 0.647. The van der Waals surface area contributed by atoms with Gasteiger partial charge in [0.1, 0.15) is 0 Å². The van der Waals surface area contributed by atoms with E-state index in [1.54, 1.807) is 11.8 Å². The Morgan fingerprint density at radius 3 is 2.42 bits per heavy atom. The Kier molecular flexibility index (Phi) is 5.61. The van der Waals surface area contributed by atoms with Crippen molar-refractivity contribution in [3.63, 3.8) is 0 Å². The molecule has 1 fully saturated rings. The molecule has 1 aromatic rings. The lowest BCUT2D eigenvalue weighted by Gasteiger charge is -2.20. The van der Waals surface area contributed by atoms with Crippen LogP contribution >= 0.6 is 11.8 Å². The van der Waals surface area contributed by atoms with E-state index >= 15 is 0 Å². The lowest BCUT2D eigenvalue weighted by Crippen LogP contribution is -2.24. The predicted molar refractivity (Wildman–Crippen MR) is 106 cm³/mol. The van der Waals surface area contributed by atoms with Crippen molar-refractivity contribution in [1.29, 1.82) is 0 Å². The van der Waals surface area contributed by atoms with E-state index in [0.29, 0.717) is 5.84 Å². The second kappa shape index (κ2) is 7.88. The average molecular weight is 344 g/mol. The maximum Gasteiger partial charge on any atom is 0.362 e. The molecule has 0 bridgehead atoms. The first-order chi connectivity index (χ1) is 11.7. The van der Waals surface area contributed by atoms with E-state index in [2.05, 4.69) is 58.7 Å². The number of anilines is 1. The molecule has 2 aliphatic rings. The Bertz CT molecular complexity index is 661. The van der Waals surface area contributed by atoms with Crippen molar-refractivity contribution in [2.24, 2.45) is 10.7 Å². The maximum absolute atomic E-state index is 6.15. The van der Waals surface area contributed by atoms with Crippen molar-refractivity contribution in [3.8, 4) is 0 Å². The molecule has 24 heavy (non-hydrogen) atoms. The van der Waals surface area contributed by atoms with E-state index < -0.39 is 0 Å². The number of nitrogens with zero attached hydrogens (tertiary/aromatic N) is 3. The van der Waals surface area contributed by atoms with Gasteiger partial charge in [0, 0.05) is 30.5 Å². The summed E-state index contributed by atoms with van der Waals surface area (Å²) in [5, 5.41) is 1.07. The minimum atomic E-state index is 0.647. The summed E-state index contributed by atoms with van der Waals surface area (Å²) in [5.74, 6) is 0.647. The second-order valence-corrected chi connectivity index (χ2v) is 7.21. The highest BCUT2D eigenvalue weighted by Gasteiger charge is 2.29. The molecule has 2 heterocycles. The van der Waals surface area contributed by atoms with Crippen LogP contribution in [0.25, 0.3) is 6.08 Å². The van der Waals surface area contributed by atoms with E-state index in [1.807, 2.05) is 0 Å². The Morgan fingerprint density at radius 2 is 1.79 bits per heavy atom. The number of hydrogen-bond acceptors (Lipinski definition) is 3. The number of aliphatic imine (C=N–C) groups is 1. The fourth-order valence-corrected chi connectivity index (χ4v) is 4.17. The zero-order valence-electron chi connectivity index (χ0n) is 14.7. The minimum Gasteiger partial charge on any atom is -0.372 e. The summed E-state index contributed by atoms with van der Waals surface area (Å²) in [6.07, 6.45) is 5.98. The molecular weight excluding hydrogens is 316 g/mol. The van der Waals surface area contributed by atoms with Gasteiger partial charge in [-0.3, -0.25) is 4.58 Å². The van der Waals surface area contributed by atoms with Crippen LogP contribution in [0.2, 0.25) is 0 Å². The van der Waals surface area contributed by atoms with Crippen molar-refractivity contribution in [3.05, 3.63) is 34.7 Å². The van der Waals surface area contributed by atoms with Gasteiger partial charge in [-0.15, -0.1) is 0 Å². The van der Waals surface area contributed by atoms with Crippen LogP contribution in [-0.4, -0.2) is 41.8 Å². The number of piperidine rings is 1. The predicted octanol–water partition coefficient (Wildman–Crippen LogP) is 3.53. The number of thioether (sulfide) groups is 1. The van der Waals surface area contributed by atoms with Gasteiger partial charge in [0.15, 0.2) is 0 Å². The molecule has 2 N–H and O–H groups in total. The van der Waals surface area contributed by atoms with Crippen molar-refractivity contribution in [2.75, 3.05) is 31.1 Å². The lowest BCUT2D eigenvalue weighted by atomic mass is 10.1. The SMILES string of the molecule is CCN(CC)c1ccc(C=C2SC(=[N+]3CCCCC3)N=C2N)cc1. The number of benzene rings is 1. The van der Waals surface area contributed by atoms with Crippen LogP contribution in [0, 0.1) is 0 Å². The van der Waals surface area contributed by atoms with E-state index in [0.717, 1.165) is 36.3 Å². The van der Waals surface area contributed by atoms with Gasteiger partial charge in [-0.2, -0.15) is 0 Å². The van der Waals surface area contributed by atoms with Gasteiger partial charge in [0.2, 0.25) is 0 Å². The van der Waals surface area contributed by atoms with Gasteiger partial charge in [-0.1, -0.05) is 12.1 Å². The summed E-state index contributed by atoms with van der Waals surface area (Å²) in [4.78, 5) is 7.99. The van der Waals surface area contributed by atoms with E-state index in [4.69, 9.17) is 5.73 Å². The molecule has 3 rings (SSSR count). The number of amidine groups is 2. The summed E-state index contributed by atoms with van der Waals surface area (Å²) in [6.45, 7) is 8.63. The van der Waals surface area contributed by atoms with Crippen LogP contribution < -0.4 is 10.6 Å². The Hall–Kier alpha value is -1.75. The molecule has 0 aromatic heterocycles. The molecule has 0 atom stereocenters. The molecule has 2 aliphatic heterocycles. The van der Waals surface area contributed by atoms with E-state index in [9.17, 15) is 0 Å². The maximum atomic E-state index is 6.15. The van der Waals surface area contributed by atoms with Crippen LogP contribution in [0.4, 0.5) is 5.69 Å². The molecular formula is C19H27N4S+. The fourth-order valence-electron chi connectivity index (χ4n) is 3.18. The normalized spacial score (nSPS) is 19.8. The van der Waals surface area contributed by atoms with Crippen molar-refractivity contribution in [1.82, 2.24) is 0 Å². The monoisotopic (exact) mass is 343 g/mol. The molecule has 0 unspecified atom stereocenters. The van der Waals surface area contributed by atoms with Crippen molar-refractivity contribution in [2.45, 2.75) is 33.1 Å². The fraction of sp³-hybridized carbons (Fsp3) is 0.474. The quantitative estimate of drug-likeness (QED) is 0.851. The topological polar surface area (TPSA) is 44.6 Å². The average Bonchev–Trinajstić information content (AvgIpc) is 2.99. The van der Waals surface area contributed by atoms with Gasteiger partial charge in [0.05, 0.1) is 18.0 Å². The highest BCUT2D eigenvalue weighted by atomic mass is 32.2. The first kappa shape index (κ1) is 17.1. The highest BCUT2D eigenvalue weighted by molar-refractivity contribution is 8.18. The number of hydrogen-bond donors (Lipinski definition) is 1. The summed E-state index contributed by atoms with van der Waals surface area (Å²) < 4.78 is 2.37. The van der Waals surface area contributed by atoms with Gasteiger partial charge in [-0.05, 0) is 61.9 Å². The molecule has 0 aliphatic carbocycles. The van der Waals surface area contributed by atoms with E-state index in [-0.39, 0.29) is 0 Å². The van der Waals surface area contributed by atoms with Gasteiger partial charge < -0.3 is 10.6 Å². The smallest absolute Gasteiger partial charge is 0.362 e. The number of nitrogens with two attached hydrogens (primary N) is 1. The Morgan fingerprint density at radius 1 is 1.12 bits per heavy atom. The van der Waals surface area contributed by atoms with E-state index in [1.165, 1.54) is 30.5 Å². The van der Waals surface area contributed by atoms with Crippen LogP contribution in [-0.2, 0) is 0 Å². The van der Waals surface area contributed by atoms with Crippen LogP contribution in [0.15, 0.2) is 34.2 Å². The first-order valence-corrected chi connectivity index (χ1v) is 9.74. The summed E-state index contributed by atoms with van der Waals surface area (Å²) in [6, 6.07) is 8.68. The van der Waals surface area contributed by atoms with Crippen LogP contribution in [0.1, 0.15) is 38.7 Å². The van der Waals surface area contributed by atoms with Crippen molar-refractivity contribution < 1.29 is 4.58 Å². The first-order valence-electron chi connectivity index (χ1n) is 8.92. The molecule has 1 aromatic carbocycles. The molecule has 0 saturated carbocycles. The highest BCUT2D eigenvalue weighted by Crippen LogP contribution is 2.29. The molecule has 0 radical (unpaired) electrons. The van der Waals surface area contributed by atoms with Crippen LogP contribution in [0.5, 0.6) is 0 Å². The van der Waals surface area contributed by atoms with Crippen molar-refractivity contribution >= 4 is 34.5 Å². The Labute approximate surface area is 149 Å². The largest absolute Gasteiger partial charge is 0.372 e. The molecule has 5 heteroatoms. The third-order valence-corrected chi connectivity index (χ3v) is 5.69. The zero-order valence-corrected chi connectivity index (χ0v) is 15.5. The molecule has 0 amide bonds. The third kappa shape index (κ3) is 3.83. The Balaban J connectivity index is 1.76. The second-order valence-electron chi connectivity index (χ2n) is 6.20. The molecule has 1 saturated heterocycles. The number of rotatable bonds is 4. The summed E-state index contributed by atoms with van der Waals surface area (Å²) >= 11 is 1.70. The zero-order chi connectivity index (χ0) is 16.9. The molecule has 0 spiro atoms. The summed E-state index contributed by atoms with van der Waals surface area (Å²) in [7, 11) is 0.